The molecule has 2 saturated heterocycles. The monoisotopic (exact) mass is 599 g/mol. The molecular formula is C37H40ClO5+. The van der Waals surface area contributed by atoms with Crippen molar-refractivity contribution < 1.29 is 24.4 Å². The summed E-state index contributed by atoms with van der Waals surface area (Å²) < 4.78 is 11.8. The first kappa shape index (κ1) is 25.4. The minimum absolute atomic E-state index is 0.222. The molecular weight excluding hydrogens is 560 g/mol. The highest BCUT2D eigenvalue weighted by atomic mass is 35.5. The Kier molecular flexibility index (Phi) is 5.17. The molecule has 43 heavy (non-hydrogen) atoms. The van der Waals surface area contributed by atoms with Crippen molar-refractivity contribution >= 4 is 17.6 Å². The molecule has 1 aromatic carbocycles. The Hall–Kier alpha value is -1.75. The fraction of sp³-hybridized carbons (Fsp3) is 0.703. The highest BCUT2D eigenvalue weighted by molar-refractivity contribution is 6.30. The van der Waals surface area contributed by atoms with Gasteiger partial charge in [0.1, 0.15) is 0 Å². The summed E-state index contributed by atoms with van der Waals surface area (Å²) in [5.41, 5.74) is 0.222. The van der Waals surface area contributed by atoms with Gasteiger partial charge >= 0.3 is 5.97 Å². The van der Waals surface area contributed by atoms with Gasteiger partial charge in [0.15, 0.2) is 12.5 Å². The molecule has 6 heteroatoms. The minimum Gasteiger partial charge on any atom is -0.369 e. The maximum absolute atomic E-state index is 10.6. The molecule has 1 aromatic rings. The fourth-order valence-corrected chi connectivity index (χ4v) is 14.8. The van der Waals surface area contributed by atoms with E-state index in [1.54, 1.807) is 25.0 Å². The Morgan fingerprint density at radius 2 is 1.47 bits per heavy atom. The van der Waals surface area contributed by atoms with Gasteiger partial charge in [0.25, 0.3) is 0 Å². The molecule has 13 rings (SSSR count). The summed E-state index contributed by atoms with van der Waals surface area (Å²) >= 11 is 5.56. The number of hydrogen-bond acceptors (Lipinski definition) is 5. The van der Waals surface area contributed by atoms with Crippen LogP contribution in [-0.4, -0.2) is 35.6 Å². The second-order valence-electron chi connectivity index (χ2n) is 16.3. The van der Waals surface area contributed by atoms with Gasteiger partial charge in [-0.2, -0.15) is 5.26 Å². The number of allylic oxidation sites excluding steroid dienone is 4. The molecule has 0 amide bonds. The van der Waals surface area contributed by atoms with Crippen molar-refractivity contribution in [1.82, 2.24) is 0 Å². The zero-order chi connectivity index (χ0) is 28.3. The van der Waals surface area contributed by atoms with E-state index < -0.39 is 5.97 Å². The van der Waals surface area contributed by atoms with E-state index in [1.807, 2.05) is 0 Å². The highest BCUT2D eigenvalue weighted by Crippen LogP contribution is 2.77. The van der Waals surface area contributed by atoms with Crippen LogP contribution in [0.1, 0.15) is 48.9 Å². The summed E-state index contributed by atoms with van der Waals surface area (Å²) in [4.78, 5) is 14.1. The minimum atomic E-state index is -0.813. The standard InChI is InChI=1S/C15H18O2.C15H17.C7H5ClO3/c1-4-5-3-9-15(16-9)12(5)6(1)11-8-2-7(10(4)11)13-14(8)17-13;1-2-10-11(3-1)13-7-12(10)14-8-4-5-9(6-8)15(13)14;8-6-3-1-2-5(4-6)7(9)11-10/h4-15H,1-3H2;2,4-5,8-15H,3,6-7H2;1-4,10H/q;+1;. The van der Waals surface area contributed by atoms with Gasteiger partial charge in [-0.05, 0) is 133 Å². The van der Waals surface area contributed by atoms with E-state index in [4.69, 9.17) is 26.3 Å². The van der Waals surface area contributed by atoms with Crippen LogP contribution in [0.5, 0.6) is 0 Å². The number of benzene rings is 1. The molecule has 5 nitrogen and oxygen atoms in total. The maximum Gasteiger partial charge on any atom is 0.372 e. The molecule has 12 aliphatic rings. The first-order chi connectivity index (χ1) is 21.1. The summed E-state index contributed by atoms with van der Waals surface area (Å²) in [6, 6.07) is 6.11. The first-order valence-electron chi connectivity index (χ1n) is 17.3. The molecule has 0 radical (unpaired) electrons. The lowest BCUT2D eigenvalue weighted by Crippen LogP contribution is -2.40. The van der Waals surface area contributed by atoms with Gasteiger partial charge in [-0.1, -0.05) is 29.8 Å². The van der Waals surface area contributed by atoms with E-state index in [1.165, 1.54) is 37.8 Å². The molecule has 20 atom stereocenters. The Balaban J connectivity index is 0.0000000842. The summed E-state index contributed by atoms with van der Waals surface area (Å²) in [5.74, 6) is 15.8. The lowest BCUT2D eigenvalue weighted by atomic mass is 9.64. The Morgan fingerprint density at radius 1 is 0.767 bits per heavy atom. The van der Waals surface area contributed by atoms with Crippen LogP contribution in [0.3, 0.4) is 0 Å². The maximum atomic E-state index is 10.6. The number of carbonyl (C=O) groups excluding carboxylic acids is 1. The first-order valence-corrected chi connectivity index (χ1v) is 17.6. The van der Waals surface area contributed by atoms with Gasteiger partial charge < -0.3 is 9.47 Å². The van der Waals surface area contributed by atoms with Crippen molar-refractivity contribution in [3.63, 3.8) is 0 Å². The van der Waals surface area contributed by atoms with E-state index in [-0.39, 0.29) is 5.56 Å². The molecule has 10 aliphatic carbocycles. The molecule has 2 aliphatic heterocycles. The predicted octanol–water partition coefficient (Wildman–Crippen LogP) is 6.73. The fourth-order valence-electron chi connectivity index (χ4n) is 14.6. The zero-order valence-corrected chi connectivity index (χ0v) is 25.0. The third kappa shape index (κ3) is 3.32. The normalized spacial score (nSPS) is 58.4. The Labute approximate surface area is 258 Å². The number of hydrogen-bond donors (Lipinski definition) is 1. The number of epoxide rings is 2. The third-order valence-electron chi connectivity index (χ3n) is 15.4. The second kappa shape index (κ2) is 8.74. The van der Waals surface area contributed by atoms with Gasteiger partial charge in [0, 0.05) is 16.9 Å². The van der Waals surface area contributed by atoms with Crippen molar-refractivity contribution in [3.05, 3.63) is 59.2 Å². The predicted molar refractivity (Wildman–Crippen MR) is 157 cm³/mol. The molecule has 2 heterocycles. The smallest absolute Gasteiger partial charge is 0.369 e. The highest BCUT2D eigenvalue weighted by Gasteiger charge is 2.78. The lowest BCUT2D eigenvalue weighted by Gasteiger charge is -2.40. The molecule has 1 N–H and O–H groups in total. The summed E-state index contributed by atoms with van der Waals surface area (Å²) in [5, 5.41) is 8.41. The van der Waals surface area contributed by atoms with Crippen LogP contribution >= 0.6 is 11.6 Å². The van der Waals surface area contributed by atoms with Crippen LogP contribution in [0.25, 0.3) is 0 Å². The van der Waals surface area contributed by atoms with E-state index >= 15 is 0 Å². The van der Waals surface area contributed by atoms with Crippen molar-refractivity contribution in [3.8, 4) is 0 Å². The number of fused-ring (bicyclic) bond motifs is 29. The lowest BCUT2D eigenvalue weighted by molar-refractivity contribution is -0.182. The van der Waals surface area contributed by atoms with Crippen LogP contribution < -0.4 is 0 Å². The second-order valence-corrected chi connectivity index (χ2v) is 16.8. The number of ether oxygens (including phenoxy) is 2. The van der Waals surface area contributed by atoms with Gasteiger partial charge in [0.05, 0.1) is 30.0 Å². The van der Waals surface area contributed by atoms with Crippen LogP contribution in [0.15, 0.2) is 42.5 Å². The molecule has 8 saturated carbocycles. The average Bonchev–Trinajstić information content (AvgIpc) is 3.66. The Bertz CT molecular complexity index is 1440. The van der Waals surface area contributed by atoms with Crippen LogP contribution in [0, 0.1) is 101 Å². The van der Waals surface area contributed by atoms with E-state index in [2.05, 4.69) is 29.2 Å². The quantitative estimate of drug-likeness (QED) is 0.0968. The third-order valence-corrected chi connectivity index (χ3v) is 15.7. The van der Waals surface area contributed by atoms with E-state index in [9.17, 15) is 4.79 Å². The van der Waals surface area contributed by atoms with Gasteiger partial charge in [0.2, 0.25) is 6.08 Å². The largest absolute Gasteiger partial charge is 0.372 e. The molecule has 8 bridgehead atoms. The van der Waals surface area contributed by atoms with Crippen LogP contribution in [0.2, 0.25) is 5.02 Å². The SMILES string of the molecule is C1C2OC2C2C1C1CC2C2C3CC(C4OC34)C12.O=C(OO)c1cccc(Cl)c1.[C+]1=CC2C(C1)C1CC2C2C3C=CC(C3)C12. The zero-order valence-electron chi connectivity index (χ0n) is 24.3. The summed E-state index contributed by atoms with van der Waals surface area (Å²) in [6.45, 7) is 0. The average molecular weight is 600 g/mol. The molecule has 224 valence electrons. The van der Waals surface area contributed by atoms with Gasteiger partial charge in [-0.3, -0.25) is 4.89 Å². The Morgan fingerprint density at radius 3 is 2.26 bits per heavy atom. The van der Waals surface area contributed by atoms with Crippen molar-refractivity contribution in [2.45, 2.75) is 62.9 Å². The molecule has 0 aromatic heterocycles. The molecule has 20 unspecified atom stereocenters. The van der Waals surface area contributed by atoms with Crippen molar-refractivity contribution in [2.75, 3.05) is 0 Å². The van der Waals surface area contributed by atoms with Gasteiger partial charge in [-0.15, -0.1) is 0 Å². The van der Waals surface area contributed by atoms with E-state index in [0.29, 0.717) is 17.2 Å². The summed E-state index contributed by atoms with van der Waals surface area (Å²) in [6.07, 6.45) is 22.8. The molecule has 0 spiro atoms. The van der Waals surface area contributed by atoms with Crippen molar-refractivity contribution in [2.24, 2.45) is 94.7 Å². The van der Waals surface area contributed by atoms with E-state index in [0.717, 1.165) is 107 Å². The van der Waals surface area contributed by atoms with Crippen molar-refractivity contribution in [1.29, 1.82) is 0 Å². The number of rotatable bonds is 1. The van der Waals surface area contributed by atoms with Crippen LogP contribution in [-0.2, 0) is 14.4 Å². The van der Waals surface area contributed by atoms with Gasteiger partial charge in [-0.25, -0.2) is 4.79 Å². The topological polar surface area (TPSA) is 71.6 Å². The number of halogens is 1. The van der Waals surface area contributed by atoms with Crippen LogP contribution in [0.4, 0.5) is 0 Å². The number of carbonyl (C=O) groups is 1. The molecule has 10 fully saturated rings. The summed E-state index contributed by atoms with van der Waals surface area (Å²) in [7, 11) is 0.